The number of nitriles is 1. The number of hydrogen-bond donors (Lipinski definition) is 1. The number of nitrogens with zero attached hydrogens (tertiary/aromatic N) is 1. The van der Waals surface area contributed by atoms with Crippen LogP contribution >= 0.6 is 15.9 Å². The van der Waals surface area contributed by atoms with Gasteiger partial charge in [-0.1, -0.05) is 48.0 Å². The highest BCUT2D eigenvalue weighted by Crippen LogP contribution is 2.27. The Hall–Kier alpha value is -1.01. The van der Waals surface area contributed by atoms with Crippen molar-refractivity contribution in [1.82, 2.24) is 0 Å². The Bertz CT molecular complexity index is 431. The Morgan fingerprint density at radius 1 is 1.28 bits per heavy atom. The Morgan fingerprint density at radius 3 is 2.78 bits per heavy atom. The van der Waals surface area contributed by atoms with E-state index in [1.165, 1.54) is 38.5 Å². The minimum Gasteiger partial charge on any atom is -0.384 e. The van der Waals surface area contributed by atoms with Crippen LogP contribution in [0.15, 0.2) is 22.7 Å². The van der Waals surface area contributed by atoms with Gasteiger partial charge in [-0.25, -0.2) is 0 Å². The van der Waals surface area contributed by atoms with Crippen molar-refractivity contribution in [3.63, 3.8) is 0 Å². The van der Waals surface area contributed by atoms with E-state index in [4.69, 9.17) is 5.26 Å². The molecule has 3 heteroatoms. The molecule has 0 heterocycles. The first kappa shape index (κ1) is 13.4. The average Bonchev–Trinajstić information content (AvgIpc) is 2.40. The zero-order chi connectivity index (χ0) is 12.8. The fraction of sp³-hybridized carbons (Fsp3) is 0.533. The Labute approximate surface area is 118 Å². The molecule has 0 aromatic heterocycles. The standard InChI is InChI=1S/C15H19BrN2/c16-14-7-6-13(11-17)15(10-14)18-9-8-12-4-2-1-3-5-12/h6-7,10,12,18H,1-5,8-9H2. The molecule has 0 radical (unpaired) electrons. The number of hydrogen-bond acceptors (Lipinski definition) is 2. The molecule has 1 aliphatic carbocycles. The summed E-state index contributed by atoms with van der Waals surface area (Å²) in [6.45, 7) is 0.968. The first-order chi connectivity index (χ1) is 8.79. The van der Waals surface area contributed by atoms with Gasteiger partial charge in [0.25, 0.3) is 0 Å². The Morgan fingerprint density at radius 2 is 2.06 bits per heavy atom. The van der Waals surface area contributed by atoms with Crippen molar-refractivity contribution < 1.29 is 0 Å². The van der Waals surface area contributed by atoms with E-state index in [-0.39, 0.29) is 0 Å². The normalized spacial score (nSPS) is 16.2. The second-order valence-electron chi connectivity index (χ2n) is 5.02. The number of halogens is 1. The summed E-state index contributed by atoms with van der Waals surface area (Å²) in [7, 11) is 0. The van der Waals surface area contributed by atoms with Crippen LogP contribution in [0.1, 0.15) is 44.1 Å². The van der Waals surface area contributed by atoms with Gasteiger partial charge in [0.15, 0.2) is 0 Å². The minimum atomic E-state index is 0.724. The van der Waals surface area contributed by atoms with E-state index >= 15 is 0 Å². The molecule has 96 valence electrons. The van der Waals surface area contributed by atoms with Crippen LogP contribution < -0.4 is 5.32 Å². The first-order valence-corrected chi connectivity index (χ1v) is 7.52. The second-order valence-corrected chi connectivity index (χ2v) is 5.94. The van der Waals surface area contributed by atoms with E-state index < -0.39 is 0 Å². The molecule has 2 nitrogen and oxygen atoms in total. The summed E-state index contributed by atoms with van der Waals surface area (Å²) in [4.78, 5) is 0. The summed E-state index contributed by atoms with van der Waals surface area (Å²) in [5.74, 6) is 0.879. The van der Waals surface area contributed by atoms with Crippen LogP contribution in [0, 0.1) is 17.2 Å². The third kappa shape index (κ3) is 3.74. The first-order valence-electron chi connectivity index (χ1n) is 6.73. The highest BCUT2D eigenvalue weighted by atomic mass is 79.9. The van der Waals surface area contributed by atoms with Crippen LogP contribution in [0.25, 0.3) is 0 Å². The van der Waals surface area contributed by atoms with Crippen LogP contribution in [0.2, 0.25) is 0 Å². The molecule has 0 saturated heterocycles. The molecular weight excluding hydrogens is 288 g/mol. The number of anilines is 1. The lowest BCUT2D eigenvalue weighted by Crippen LogP contribution is -2.12. The van der Waals surface area contributed by atoms with Gasteiger partial charge in [0.05, 0.1) is 11.3 Å². The maximum Gasteiger partial charge on any atom is 0.101 e. The zero-order valence-corrected chi connectivity index (χ0v) is 12.2. The van der Waals surface area contributed by atoms with E-state index in [9.17, 15) is 0 Å². The maximum absolute atomic E-state index is 9.05. The van der Waals surface area contributed by atoms with Crippen LogP contribution in [-0.2, 0) is 0 Å². The Balaban J connectivity index is 1.86. The van der Waals surface area contributed by atoms with Crippen LogP contribution in [-0.4, -0.2) is 6.54 Å². The molecule has 1 saturated carbocycles. The predicted octanol–water partition coefficient (Wildman–Crippen LogP) is 4.70. The monoisotopic (exact) mass is 306 g/mol. The van der Waals surface area contributed by atoms with Crippen LogP contribution in [0.5, 0.6) is 0 Å². The summed E-state index contributed by atoms with van der Waals surface area (Å²) in [5.41, 5.74) is 1.67. The molecule has 1 fully saturated rings. The van der Waals surface area contributed by atoms with Crippen LogP contribution in [0.3, 0.4) is 0 Å². The molecule has 0 atom stereocenters. The summed E-state index contributed by atoms with van der Waals surface area (Å²) < 4.78 is 1.02. The summed E-state index contributed by atoms with van der Waals surface area (Å²) in [6.07, 6.45) is 8.18. The SMILES string of the molecule is N#Cc1ccc(Br)cc1NCCC1CCCCC1. The highest BCUT2D eigenvalue weighted by molar-refractivity contribution is 9.10. The third-order valence-electron chi connectivity index (χ3n) is 3.69. The van der Waals surface area contributed by atoms with Gasteiger partial charge in [0.1, 0.15) is 6.07 Å². The summed E-state index contributed by atoms with van der Waals surface area (Å²) >= 11 is 3.44. The molecule has 1 N–H and O–H groups in total. The molecule has 0 aliphatic heterocycles. The van der Waals surface area contributed by atoms with Gasteiger partial charge in [-0.05, 0) is 30.5 Å². The molecule has 2 rings (SSSR count). The second kappa shape index (κ2) is 6.80. The van der Waals surface area contributed by atoms with Crippen molar-refractivity contribution in [2.24, 2.45) is 5.92 Å². The fourth-order valence-corrected chi connectivity index (χ4v) is 3.01. The lowest BCUT2D eigenvalue weighted by atomic mass is 9.87. The number of nitrogens with one attached hydrogen (secondary N) is 1. The van der Waals surface area contributed by atoms with E-state index in [0.717, 1.165) is 28.2 Å². The molecule has 0 unspecified atom stereocenters. The molecule has 0 bridgehead atoms. The molecule has 18 heavy (non-hydrogen) atoms. The molecule has 1 aromatic carbocycles. The van der Waals surface area contributed by atoms with Gasteiger partial charge in [-0.3, -0.25) is 0 Å². The van der Waals surface area contributed by atoms with Crippen molar-refractivity contribution >= 4 is 21.6 Å². The van der Waals surface area contributed by atoms with Gasteiger partial charge in [-0.15, -0.1) is 0 Å². The largest absolute Gasteiger partial charge is 0.384 e. The van der Waals surface area contributed by atoms with Gasteiger partial charge < -0.3 is 5.32 Å². The molecule has 0 amide bonds. The van der Waals surface area contributed by atoms with Crippen molar-refractivity contribution in [1.29, 1.82) is 5.26 Å². The zero-order valence-electron chi connectivity index (χ0n) is 10.6. The minimum absolute atomic E-state index is 0.724. The quantitative estimate of drug-likeness (QED) is 0.875. The smallest absolute Gasteiger partial charge is 0.101 e. The van der Waals surface area contributed by atoms with Crippen molar-refractivity contribution in [3.05, 3.63) is 28.2 Å². The van der Waals surface area contributed by atoms with E-state index in [1.54, 1.807) is 0 Å². The number of rotatable bonds is 4. The van der Waals surface area contributed by atoms with E-state index in [0.29, 0.717) is 0 Å². The maximum atomic E-state index is 9.05. The third-order valence-corrected chi connectivity index (χ3v) is 4.19. The molecule has 1 aromatic rings. The van der Waals surface area contributed by atoms with Crippen molar-refractivity contribution in [2.45, 2.75) is 38.5 Å². The van der Waals surface area contributed by atoms with Gasteiger partial charge in [0.2, 0.25) is 0 Å². The van der Waals surface area contributed by atoms with E-state index in [1.807, 2.05) is 18.2 Å². The van der Waals surface area contributed by atoms with Gasteiger partial charge in [0, 0.05) is 11.0 Å². The lowest BCUT2D eigenvalue weighted by molar-refractivity contribution is 0.345. The average molecular weight is 307 g/mol. The molecule has 0 spiro atoms. The van der Waals surface area contributed by atoms with Gasteiger partial charge >= 0.3 is 0 Å². The molecule has 1 aliphatic rings. The Kier molecular flexibility index (Phi) is 5.07. The fourth-order valence-electron chi connectivity index (χ4n) is 2.65. The molecular formula is C15H19BrN2. The van der Waals surface area contributed by atoms with Crippen molar-refractivity contribution in [2.75, 3.05) is 11.9 Å². The lowest BCUT2D eigenvalue weighted by Gasteiger charge is -2.21. The predicted molar refractivity (Wildman–Crippen MR) is 78.5 cm³/mol. The van der Waals surface area contributed by atoms with E-state index in [2.05, 4.69) is 27.3 Å². The van der Waals surface area contributed by atoms with Crippen LogP contribution in [0.4, 0.5) is 5.69 Å². The topological polar surface area (TPSA) is 35.8 Å². The number of benzene rings is 1. The highest BCUT2D eigenvalue weighted by Gasteiger charge is 2.12. The van der Waals surface area contributed by atoms with Gasteiger partial charge in [-0.2, -0.15) is 5.26 Å². The van der Waals surface area contributed by atoms with Crippen molar-refractivity contribution in [3.8, 4) is 6.07 Å². The summed E-state index contributed by atoms with van der Waals surface area (Å²) in [5, 5.41) is 12.5. The summed E-state index contributed by atoms with van der Waals surface area (Å²) in [6, 6.07) is 7.98.